The normalized spacial score (nSPS) is 21.6. The van der Waals surface area contributed by atoms with Gasteiger partial charge in [-0.25, -0.2) is 4.79 Å². The van der Waals surface area contributed by atoms with Gasteiger partial charge in [-0.05, 0) is 55.7 Å². The smallest absolute Gasteiger partial charge is 0.322 e. The van der Waals surface area contributed by atoms with E-state index in [4.69, 9.17) is 9.47 Å². The second kappa shape index (κ2) is 9.06. The SMILES string of the molecule is COCCOc1ccc(NC(=O)N2CC3CC2CN3C(C)c2ccccc2C)cc1. The molecule has 4 rings (SSSR count). The molecule has 0 aromatic heterocycles. The van der Waals surface area contributed by atoms with E-state index in [0.29, 0.717) is 25.3 Å². The van der Waals surface area contributed by atoms with Crippen molar-refractivity contribution < 1.29 is 14.3 Å². The molecule has 3 atom stereocenters. The third-order valence-corrected chi connectivity index (χ3v) is 6.34. The van der Waals surface area contributed by atoms with Crippen LogP contribution in [0, 0.1) is 6.92 Å². The highest BCUT2D eigenvalue weighted by atomic mass is 16.5. The van der Waals surface area contributed by atoms with E-state index in [0.717, 1.165) is 30.9 Å². The summed E-state index contributed by atoms with van der Waals surface area (Å²) in [7, 11) is 1.65. The second-order valence-electron chi connectivity index (χ2n) is 8.22. The number of benzene rings is 2. The number of aryl methyl sites for hydroxylation is 1. The standard InChI is InChI=1S/C24H31N3O3/c1-17-6-4-5-7-23(17)18(2)26-15-21-14-20(26)16-27(21)24(28)25-19-8-10-22(11-9-19)30-13-12-29-3/h4-11,18,20-21H,12-16H2,1-3H3,(H,25,28). The molecule has 160 valence electrons. The van der Waals surface area contributed by atoms with Crippen molar-refractivity contribution >= 4 is 11.7 Å². The number of piperazine rings is 1. The van der Waals surface area contributed by atoms with E-state index in [-0.39, 0.29) is 12.1 Å². The maximum absolute atomic E-state index is 12.8. The van der Waals surface area contributed by atoms with Crippen molar-refractivity contribution in [3.8, 4) is 5.75 Å². The molecule has 2 aromatic carbocycles. The first-order valence-corrected chi connectivity index (χ1v) is 10.7. The van der Waals surface area contributed by atoms with Gasteiger partial charge in [0.05, 0.1) is 6.61 Å². The van der Waals surface area contributed by atoms with E-state index in [2.05, 4.69) is 48.3 Å². The van der Waals surface area contributed by atoms with Gasteiger partial charge in [0.15, 0.2) is 0 Å². The molecule has 3 unspecified atom stereocenters. The average Bonchev–Trinajstić information content (AvgIpc) is 3.36. The third-order valence-electron chi connectivity index (χ3n) is 6.34. The zero-order valence-electron chi connectivity index (χ0n) is 18.0. The molecule has 6 nitrogen and oxygen atoms in total. The molecular weight excluding hydrogens is 378 g/mol. The van der Waals surface area contributed by atoms with Gasteiger partial charge in [-0.1, -0.05) is 24.3 Å². The largest absolute Gasteiger partial charge is 0.491 e. The maximum atomic E-state index is 12.8. The van der Waals surface area contributed by atoms with E-state index < -0.39 is 0 Å². The van der Waals surface area contributed by atoms with Crippen LogP contribution in [0.4, 0.5) is 10.5 Å². The highest BCUT2D eigenvalue weighted by molar-refractivity contribution is 5.90. The molecule has 0 saturated carbocycles. The van der Waals surface area contributed by atoms with E-state index in [1.807, 2.05) is 29.2 Å². The molecule has 30 heavy (non-hydrogen) atoms. The Morgan fingerprint density at radius 2 is 1.87 bits per heavy atom. The number of hydrogen-bond donors (Lipinski definition) is 1. The topological polar surface area (TPSA) is 54.0 Å². The Balaban J connectivity index is 1.32. The number of carbonyl (C=O) groups excluding carboxylic acids is 1. The first-order chi connectivity index (χ1) is 14.6. The monoisotopic (exact) mass is 409 g/mol. The fourth-order valence-electron chi connectivity index (χ4n) is 4.73. The predicted molar refractivity (Wildman–Crippen MR) is 118 cm³/mol. The number of carbonyl (C=O) groups is 1. The summed E-state index contributed by atoms with van der Waals surface area (Å²) in [5, 5.41) is 3.04. The summed E-state index contributed by atoms with van der Waals surface area (Å²) < 4.78 is 10.6. The van der Waals surface area contributed by atoms with Crippen molar-refractivity contribution in [3.05, 3.63) is 59.7 Å². The summed E-state index contributed by atoms with van der Waals surface area (Å²) in [6.07, 6.45) is 1.05. The maximum Gasteiger partial charge on any atom is 0.322 e. The minimum atomic E-state index is -0.0150. The lowest BCUT2D eigenvalue weighted by atomic mass is 10.0. The summed E-state index contributed by atoms with van der Waals surface area (Å²) >= 11 is 0. The van der Waals surface area contributed by atoms with Crippen LogP contribution in [0.25, 0.3) is 0 Å². The van der Waals surface area contributed by atoms with Crippen LogP contribution in [-0.2, 0) is 4.74 Å². The molecule has 2 aliphatic rings. The van der Waals surface area contributed by atoms with Crippen molar-refractivity contribution in [2.24, 2.45) is 0 Å². The van der Waals surface area contributed by atoms with E-state index >= 15 is 0 Å². The fourth-order valence-corrected chi connectivity index (χ4v) is 4.73. The summed E-state index contributed by atoms with van der Waals surface area (Å²) in [4.78, 5) is 17.4. The number of rotatable bonds is 7. The van der Waals surface area contributed by atoms with Gasteiger partial charge in [0.2, 0.25) is 0 Å². The Morgan fingerprint density at radius 1 is 1.10 bits per heavy atom. The number of nitrogens with zero attached hydrogens (tertiary/aromatic N) is 2. The van der Waals surface area contributed by atoms with Crippen LogP contribution in [0.5, 0.6) is 5.75 Å². The summed E-state index contributed by atoms with van der Waals surface area (Å²) in [6.45, 7) is 7.23. The van der Waals surface area contributed by atoms with Crippen LogP contribution in [0.1, 0.15) is 30.5 Å². The van der Waals surface area contributed by atoms with Gasteiger partial charge in [-0.2, -0.15) is 0 Å². The molecule has 2 fully saturated rings. The Morgan fingerprint density at radius 3 is 2.53 bits per heavy atom. The lowest BCUT2D eigenvalue weighted by Gasteiger charge is -2.38. The summed E-state index contributed by atoms with van der Waals surface area (Å²) in [5.41, 5.74) is 3.50. The molecule has 2 amide bonds. The van der Waals surface area contributed by atoms with Gasteiger partial charge >= 0.3 is 6.03 Å². The van der Waals surface area contributed by atoms with Crippen molar-refractivity contribution in [2.75, 3.05) is 38.7 Å². The Bertz CT molecular complexity index is 870. The molecule has 0 radical (unpaired) electrons. The summed E-state index contributed by atoms with van der Waals surface area (Å²) in [5.74, 6) is 0.770. The number of nitrogens with one attached hydrogen (secondary N) is 1. The van der Waals surface area contributed by atoms with Crippen molar-refractivity contribution in [3.63, 3.8) is 0 Å². The van der Waals surface area contributed by atoms with Gasteiger partial charge in [0.1, 0.15) is 12.4 Å². The van der Waals surface area contributed by atoms with Crippen LogP contribution in [0.3, 0.4) is 0 Å². The van der Waals surface area contributed by atoms with Gasteiger partial charge in [0, 0.05) is 44.0 Å². The van der Waals surface area contributed by atoms with Crippen molar-refractivity contribution in [2.45, 2.75) is 38.4 Å². The van der Waals surface area contributed by atoms with Crippen LogP contribution < -0.4 is 10.1 Å². The van der Waals surface area contributed by atoms with Gasteiger partial charge < -0.3 is 19.7 Å². The van der Waals surface area contributed by atoms with E-state index in [9.17, 15) is 4.79 Å². The van der Waals surface area contributed by atoms with E-state index in [1.165, 1.54) is 11.1 Å². The molecule has 0 aliphatic carbocycles. The van der Waals surface area contributed by atoms with Gasteiger partial charge in [0.25, 0.3) is 0 Å². The number of methoxy groups -OCH3 is 1. The highest BCUT2D eigenvalue weighted by Gasteiger charge is 2.46. The minimum Gasteiger partial charge on any atom is -0.491 e. The molecule has 2 saturated heterocycles. The molecule has 2 aliphatic heterocycles. The second-order valence-corrected chi connectivity index (χ2v) is 8.22. The van der Waals surface area contributed by atoms with Crippen LogP contribution in [0.2, 0.25) is 0 Å². The predicted octanol–water partition coefficient (Wildman–Crippen LogP) is 4.07. The fraction of sp³-hybridized carbons (Fsp3) is 0.458. The van der Waals surface area contributed by atoms with Gasteiger partial charge in [-0.3, -0.25) is 4.90 Å². The molecular formula is C24H31N3O3. The Kier molecular flexibility index (Phi) is 6.25. The number of ether oxygens (including phenoxy) is 2. The van der Waals surface area contributed by atoms with Crippen molar-refractivity contribution in [1.82, 2.24) is 9.80 Å². The minimum absolute atomic E-state index is 0.0150. The molecule has 2 bridgehead atoms. The summed E-state index contributed by atoms with van der Waals surface area (Å²) in [6, 6.07) is 17.1. The number of likely N-dealkylation sites (tertiary alicyclic amines) is 2. The number of amides is 2. The van der Waals surface area contributed by atoms with Crippen LogP contribution in [-0.4, -0.2) is 61.3 Å². The lowest BCUT2D eigenvalue weighted by molar-refractivity contribution is 0.115. The zero-order chi connectivity index (χ0) is 21.1. The molecule has 2 aromatic rings. The lowest BCUT2D eigenvalue weighted by Crippen LogP contribution is -2.50. The number of fused-ring (bicyclic) bond motifs is 2. The third kappa shape index (κ3) is 4.30. The first kappa shape index (κ1) is 20.7. The van der Waals surface area contributed by atoms with E-state index in [1.54, 1.807) is 7.11 Å². The highest BCUT2D eigenvalue weighted by Crippen LogP contribution is 2.37. The number of urea groups is 1. The molecule has 6 heteroatoms. The number of hydrogen-bond acceptors (Lipinski definition) is 4. The molecule has 0 spiro atoms. The van der Waals surface area contributed by atoms with Crippen LogP contribution in [0.15, 0.2) is 48.5 Å². The van der Waals surface area contributed by atoms with Gasteiger partial charge in [-0.15, -0.1) is 0 Å². The Labute approximate surface area is 178 Å². The zero-order valence-corrected chi connectivity index (χ0v) is 18.0. The molecule has 1 N–H and O–H groups in total. The molecule has 2 heterocycles. The Hall–Kier alpha value is -2.57. The van der Waals surface area contributed by atoms with Crippen LogP contribution >= 0.6 is 0 Å². The quantitative estimate of drug-likeness (QED) is 0.701. The average molecular weight is 410 g/mol. The number of anilines is 1. The first-order valence-electron chi connectivity index (χ1n) is 10.7. The van der Waals surface area contributed by atoms with Crippen molar-refractivity contribution in [1.29, 1.82) is 0 Å².